The topological polar surface area (TPSA) is 50.2 Å². The molecule has 2 aliphatic rings. The minimum atomic E-state index is -0.870. The molecule has 3 atom stereocenters. The molecular formula is C34H37NO2. The third-order valence-electron chi connectivity index (χ3n) is 8.23. The molecule has 1 N–H and O–H groups in total. The number of aliphatic hydroxyl groups excluding tert-OH is 1. The highest BCUT2D eigenvalue weighted by Crippen LogP contribution is 2.33. The highest BCUT2D eigenvalue weighted by Gasteiger charge is 2.27. The van der Waals surface area contributed by atoms with E-state index in [0.717, 1.165) is 58.8 Å². The number of carbonyl (C=O) groups is 1. The minimum Gasteiger partial charge on any atom is -0.376 e. The lowest BCUT2D eigenvalue weighted by Crippen LogP contribution is -2.22. The fraction of sp³-hybridized carbons (Fsp3) is 0.412. The van der Waals surface area contributed by atoms with Crippen molar-refractivity contribution >= 4 is 22.6 Å². The van der Waals surface area contributed by atoms with E-state index >= 15 is 0 Å². The average molecular weight is 492 g/mol. The molecule has 1 aromatic heterocycles. The number of carbonyl (C=O) groups excluding carboxylic acids is 1. The van der Waals surface area contributed by atoms with Crippen LogP contribution in [0.2, 0.25) is 0 Å². The molecule has 3 aromatic rings. The SMILES string of the molecule is Cc1c(/C=C/C2CCCCC2)ncc2cccc(C(O)C#CC3CCCC(C(=O)c4ccccc4)C3)c12. The maximum atomic E-state index is 13.0. The van der Waals surface area contributed by atoms with E-state index in [2.05, 4.69) is 37.0 Å². The van der Waals surface area contributed by atoms with E-state index in [1.54, 1.807) is 0 Å². The van der Waals surface area contributed by atoms with Crippen molar-refractivity contribution in [1.29, 1.82) is 0 Å². The number of benzene rings is 2. The van der Waals surface area contributed by atoms with Crippen LogP contribution in [0.5, 0.6) is 0 Å². The van der Waals surface area contributed by atoms with Gasteiger partial charge in [0.05, 0.1) is 5.69 Å². The third-order valence-corrected chi connectivity index (χ3v) is 8.23. The first-order valence-electron chi connectivity index (χ1n) is 13.9. The second-order valence-corrected chi connectivity index (χ2v) is 10.8. The Morgan fingerprint density at radius 1 is 1.00 bits per heavy atom. The predicted octanol–water partition coefficient (Wildman–Crippen LogP) is 7.86. The van der Waals surface area contributed by atoms with Crippen LogP contribution in [0.3, 0.4) is 0 Å². The van der Waals surface area contributed by atoms with E-state index in [-0.39, 0.29) is 17.6 Å². The number of aromatic nitrogens is 1. The van der Waals surface area contributed by atoms with Gasteiger partial charge in [-0.2, -0.15) is 0 Å². The second-order valence-electron chi connectivity index (χ2n) is 10.8. The van der Waals surface area contributed by atoms with Gasteiger partial charge in [0.25, 0.3) is 0 Å². The Bertz CT molecular complexity index is 1320. The molecule has 1 heterocycles. The molecule has 2 aromatic carbocycles. The molecule has 0 radical (unpaired) electrons. The van der Waals surface area contributed by atoms with Gasteiger partial charge in [0.1, 0.15) is 6.10 Å². The van der Waals surface area contributed by atoms with Crippen LogP contribution in [0.15, 0.2) is 60.8 Å². The van der Waals surface area contributed by atoms with Crippen LogP contribution in [0.25, 0.3) is 16.8 Å². The lowest BCUT2D eigenvalue weighted by molar-refractivity contribution is 0.0877. The van der Waals surface area contributed by atoms with Crippen LogP contribution in [-0.2, 0) is 0 Å². The lowest BCUT2D eigenvalue weighted by Gasteiger charge is -2.25. The number of hydrogen-bond donors (Lipinski definition) is 1. The molecule has 0 spiro atoms. The Kier molecular flexibility index (Phi) is 8.17. The van der Waals surface area contributed by atoms with E-state index < -0.39 is 6.10 Å². The number of rotatable bonds is 5. The summed E-state index contributed by atoms with van der Waals surface area (Å²) >= 11 is 0. The van der Waals surface area contributed by atoms with Gasteiger partial charge in [-0.05, 0) is 62.0 Å². The number of ketones is 1. The summed E-state index contributed by atoms with van der Waals surface area (Å²) in [6.45, 7) is 2.10. The van der Waals surface area contributed by atoms with E-state index in [4.69, 9.17) is 4.98 Å². The Hall–Kier alpha value is -3.22. The first kappa shape index (κ1) is 25.4. The van der Waals surface area contributed by atoms with Gasteiger partial charge in [-0.1, -0.05) is 92.1 Å². The van der Waals surface area contributed by atoms with Crippen molar-refractivity contribution in [3.8, 4) is 11.8 Å². The molecule has 0 amide bonds. The van der Waals surface area contributed by atoms with Crippen LogP contribution in [0.1, 0.15) is 91.1 Å². The van der Waals surface area contributed by atoms with Crippen molar-refractivity contribution in [1.82, 2.24) is 4.98 Å². The molecule has 3 unspecified atom stereocenters. The van der Waals surface area contributed by atoms with Gasteiger partial charge < -0.3 is 5.11 Å². The first-order valence-corrected chi connectivity index (χ1v) is 13.9. The normalized spacial score (nSPS) is 21.5. The summed E-state index contributed by atoms with van der Waals surface area (Å²) < 4.78 is 0. The molecule has 3 heteroatoms. The number of aliphatic hydroxyl groups is 1. The summed E-state index contributed by atoms with van der Waals surface area (Å²) in [6.07, 6.45) is 15.7. The molecule has 0 aliphatic heterocycles. The molecule has 0 bridgehead atoms. The van der Waals surface area contributed by atoms with E-state index in [1.165, 1.54) is 32.1 Å². The molecule has 5 rings (SSSR count). The smallest absolute Gasteiger partial charge is 0.165 e. The lowest BCUT2D eigenvalue weighted by atomic mass is 9.78. The standard InChI is InChI=1S/C34H37NO2/c1-24-31(20-18-25-10-4-2-5-11-25)35-23-29-16-9-17-30(33(24)29)32(36)21-19-26-12-8-15-28(22-26)34(37)27-13-6-3-7-14-27/h3,6-7,9,13-14,16-18,20,23,25-26,28,32,36H,2,4-5,8,10-12,15,22H2,1H3/b20-18+. The van der Waals surface area contributed by atoms with E-state index in [0.29, 0.717) is 5.92 Å². The number of aryl methyl sites for hydroxylation is 1. The quantitative estimate of drug-likeness (QED) is 0.292. The minimum absolute atomic E-state index is 0.0111. The van der Waals surface area contributed by atoms with Crippen LogP contribution in [0, 0.1) is 36.5 Å². The number of allylic oxidation sites excluding steroid dienone is 1. The summed E-state index contributed by atoms with van der Waals surface area (Å²) in [5.41, 5.74) is 3.69. The number of nitrogens with zero attached hydrogens (tertiary/aromatic N) is 1. The van der Waals surface area contributed by atoms with Gasteiger partial charge in [-0.15, -0.1) is 0 Å². The molecule has 3 nitrogen and oxygen atoms in total. The second kappa shape index (κ2) is 11.9. The van der Waals surface area contributed by atoms with Gasteiger partial charge in [0.2, 0.25) is 0 Å². The van der Waals surface area contributed by atoms with Crippen molar-refractivity contribution < 1.29 is 9.90 Å². The highest BCUT2D eigenvalue weighted by atomic mass is 16.3. The van der Waals surface area contributed by atoms with Gasteiger partial charge in [-0.25, -0.2) is 0 Å². The highest BCUT2D eigenvalue weighted by molar-refractivity contribution is 5.97. The first-order chi connectivity index (χ1) is 18.1. The fourth-order valence-electron chi connectivity index (χ4n) is 6.11. The Morgan fingerprint density at radius 3 is 2.62 bits per heavy atom. The molecule has 0 saturated heterocycles. The number of Topliss-reactive ketones (excluding diaryl/α,β-unsaturated/α-hetero) is 1. The van der Waals surface area contributed by atoms with Crippen LogP contribution in [-0.4, -0.2) is 15.9 Å². The van der Waals surface area contributed by atoms with Gasteiger partial charge in [-0.3, -0.25) is 9.78 Å². The summed E-state index contributed by atoms with van der Waals surface area (Å²) in [4.78, 5) is 17.7. The molecule has 37 heavy (non-hydrogen) atoms. The third kappa shape index (κ3) is 6.03. The molecular weight excluding hydrogens is 454 g/mol. The molecule has 2 aliphatic carbocycles. The monoisotopic (exact) mass is 491 g/mol. The molecule has 190 valence electrons. The predicted molar refractivity (Wildman–Crippen MR) is 151 cm³/mol. The maximum Gasteiger partial charge on any atom is 0.165 e. The van der Waals surface area contributed by atoms with Crippen molar-refractivity contribution in [2.45, 2.75) is 70.8 Å². The largest absolute Gasteiger partial charge is 0.376 e. The average Bonchev–Trinajstić information content (AvgIpc) is 2.96. The summed E-state index contributed by atoms with van der Waals surface area (Å²) in [5.74, 6) is 7.50. The zero-order chi connectivity index (χ0) is 25.6. The summed E-state index contributed by atoms with van der Waals surface area (Å²) in [6, 6.07) is 15.6. The number of pyridine rings is 1. The van der Waals surface area contributed by atoms with Crippen LogP contribution < -0.4 is 0 Å². The van der Waals surface area contributed by atoms with Gasteiger partial charge >= 0.3 is 0 Å². The molecule has 2 fully saturated rings. The Balaban J connectivity index is 1.34. The Labute approximate surface area is 221 Å². The van der Waals surface area contributed by atoms with E-state index in [9.17, 15) is 9.90 Å². The van der Waals surface area contributed by atoms with Crippen LogP contribution >= 0.6 is 0 Å². The van der Waals surface area contributed by atoms with Crippen LogP contribution in [0.4, 0.5) is 0 Å². The fourth-order valence-corrected chi connectivity index (χ4v) is 6.11. The summed E-state index contributed by atoms with van der Waals surface area (Å²) in [7, 11) is 0. The van der Waals surface area contributed by atoms with Crippen molar-refractivity contribution in [3.05, 3.63) is 83.2 Å². The molecule has 2 saturated carbocycles. The van der Waals surface area contributed by atoms with Crippen molar-refractivity contribution in [2.24, 2.45) is 17.8 Å². The van der Waals surface area contributed by atoms with Crippen molar-refractivity contribution in [2.75, 3.05) is 0 Å². The van der Waals surface area contributed by atoms with Gasteiger partial charge in [0.15, 0.2) is 5.78 Å². The number of fused-ring (bicyclic) bond motifs is 1. The Morgan fingerprint density at radius 2 is 1.81 bits per heavy atom. The zero-order valence-corrected chi connectivity index (χ0v) is 21.8. The van der Waals surface area contributed by atoms with Crippen molar-refractivity contribution in [3.63, 3.8) is 0 Å². The number of hydrogen-bond acceptors (Lipinski definition) is 3. The summed E-state index contributed by atoms with van der Waals surface area (Å²) in [5, 5.41) is 13.2. The van der Waals surface area contributed by atoms with E-state index in [1.807, 2.05) is 48.7 Å². The van der Waals surface area contributed by atoms with Gasteiger partial charge in [0, 0.05) is 34.5 Å². The zero-order valence-electron chi connectivity index (χ0n) is 21.8. The maximum absolute atomic E-state index is 13.0.